The molecule has 5 rings (SSSR count). The predicted octanol–water partition coefficient (Wildman–Crippen LogP) is 4.18. The number of halogens is 2. The maximum atomic E-state index is 14.3. The Hall–Kier alpha value is -3.74. The fourth-order valence-electron chi connectivity index (χ4n) is 3.27. The fourth-order valence-corrected chi connectivity index (χ4v) is 3.27. The number of aromatic amines is 1. The molecule has 7 heteroatoms. The zero-order valence-electron chi connectivity index (χ0n) is 14.5. The molecule has 0 saturated heterocycles. The van der Waals surface area contributed by atoms with Gasteiger partial charge in [-0.3, -0.25) is 15.1 Å². The second kappa shape index (κ2) is 6.45. The van der Waals surface area contributed by atoms with Crippen molar-refractivity contribution in [3.8, 4) is 11.1 Å². The average Bonchev–Trinajstić information content (AvgIpc) is 3.39. The number of fused-ring (bicyclic) bond motifs is 1. The largest absolute Gasteiger partial charge is 0.285 e. The van der Waals surface area contributed by atoms with Gasteiger partial charge < -0.3 is 0 Å². The number of nitrogens with zero attached hydrogens (tertiary/aromatic N) is 4. The van der Waals surface area contributed by atoms with Crippen molar-refractivity contribution in [2.24, 2.45) is 4.99 Å². The molecule has 0 amide bonds. The van der Waals surface area contributed by atoms with Gasteiger partial charge in [-0.15, -0.1) is 0 Å². The minimum absolute atomic E-state index is 0.261. The number of aromatic nitrogens is 4. The van der Waals surface area contributed by atoms with Crippen LogP contribution in [0.15, 0.2) is 66.1 Å². The first kappa shape index (κ1) is 16.4. The van der Waals surface area contributed by atoms with Crippen molar-refractivity contribution in [3.05, 3.63) is 84.0 Å². The number of hydrogen-bond donors (Lipinski definition) is 1. The summed E-state index contributed by atoms with van der Waals surface area (Å²) in [5.74, 6) is -1.26. The molecule has 1 N–H and O–H groups in total. The van der Waals surface area contributed by atoms with Crippen molar-refractivity contribution >= 4 is 22.3 Å². The number of allylic oxidation sites excluding steroid dienone is 1. The number of aliphatic imine (C=N–C) groups is 1. The van der Waals surface area contributed by atoms with Gasteiger partial charge in [-0.05, 0) is 30.3 Å². The highest BCUT2D eigenvalue weighted by molar-refractivity contribution is 6.32. The van der Waals surface area contributed by atoms with Crippen molar-refractivity contribution in [2.45, 2.75) is 0 Å². The lowest BCUT2D eigenvalue weighted by Crippen LogP contribution is -2.06. The number of rotatable bonds is 3. The lowest BCUT2D eigenvalue weighted by molar-refractivity contribution is 0.582. The van der Waals surface area contributed by atoms with Gasteiger partial charge in [-0.25, -0.2) is 13.8 Å². The molecule has 0 atom stereocenters. The fraction of sp³-hybridized carbons (Fsp3) is 0.0476. The van der Waals surface area contributed by atoms with E-state index in [1.165, 1.54) is 12.1 Å². The lowest BCUT2D eigenvalue weighted by atomic mass is 9.99. The summed E-state index contributed by atoms with van der Waals surface area (Å²) in [5, 5.41) is 6.74. The molecule has 5 nitrogen and oxygen atoms in total. The monoisotopic (exact) mass is 373 g/mol. The van der Waals surface area contributed by atoms with E-state index in [9.17, 15) is 8.78 Å². The quantitative estimate of drug-likeness (QED) is 0.586. The molecule has 3 aromatic heterocycles. The van der Waals surface area contributed by atoms with E-state index in [-0.39, 0.29) is 5.56 Å². The molecule has 0 saturated carbocycles. The summed E-state index contributed by atoms with van der Waals surface area (Å²) in [6.45, 7) is 0.425. The van der Waals surface area contributed by atoms with E-state index in [0.29, 0.717) is 23.5 Å². The summed E-state index contributed by atoms with van der Waals surface area (Å²) >= 11 is 0. The van der Waals surface area contributed by atoms with Crippen molar-refractivity contribution in [1.82, 2.24) is 20.2 Å². The molecule has 0 radical (unpaired) electrons. The summed E-state index contributed by atoms with van der Waals surface area (Å²) in [6.07, 6.45) is 7.16. The van der Waals surface area contributed by atoms with E-state index in [1.807, 2.05) is 24.3 Å². The Labute approximate surface area is 158 Å². The number of nitrogens with one attached hydrogen (secondary N) is 1. The van der Waals surface area contributed by atoms with E-state index in [4.69, 9.17) is 4.98 Å². The summed E-state index contributed by atoms with van der Waals surface area (Å²) in [5.41, 5.74) is 5.39. The van der Waals surface area contributed by atoms with Gasteiger partial charge in [0, 0.05) is 40.7 Å². The van der Waals surface area contributed by atoms with Crippen LogP contribution in [0.25, 0.3) is 27.7 Å². The maximum absolute atomic E-state index is 14.3. The van der Waals surface area contributed by atoms with Gasteiger partial charge in [0.25, 0.3) is 0 Å². The Balaban J connectivity index is 1.57. The highest BCUT2D eigenvalue weighted by Crippen LogP contribution is 2.27. The van der Waals surface area contributed by atoms with Gasteiger partial charge >= 0.3 is 0 Å². The highest BCUT2D eigenvalue weighted by Gasteiger charge is 2.21. The second-order valence-electron chi connectivity index (χ2n) is 6.38. The molecule has 136 valence electrons. The Kier molecular flexibility index (Phi) is 3.79. The topological polar surface area (TPSA) is 66.8 Å². The van der Waals surface area contributed by atoms with Crippen molar-refractivity contribution in [3.63, 3.8) is 0 Å². The lowest BCUT2D eigenvalue weighted by Gasteiger charge is -2.09. The molecule has 4 aromatic rings. The predicted molar refractivity (Wildman–Crippen MR) is 103 cm³/mol. The van der Waals surface area contributed by atoms with Crippen molar-refractivity contribution < 1.29 is 8.78 Å². The number of pyridine rings is 2. The van der Waals surface area contributed by atoms with Crippen molar-refractivity contribution in [2.75, 3.05) is 6.54 Å². The Morgan fingerprint density at radius 2 is 1.86 bits per heavy atom. The van der Waals surface area contributed by atoms with Crippen LogP contribution in [0.3, 0.4) is 0 Å². The Morgan fingerprint density at radius 1 is 0.929 bits per heavy atom. The maximum Gasteiger partial charge on any atom is 0.135 e. The zero-order chi connectivity index (χ0) is 19.1. The SMILES string of the molecule is Fc1ccc(C2=NCC=C2c2ccc3ncc(-c4cn[nH]c4)cc3n2)c(F)c1. The van der Waals surface area contributed by atoms with Crippen LogP contribution in [0, 0.1) is 11.6 Å². The molecule has 1 aliphatic heterocycles. The number of H-pyrrole nitrogens is 1. The van der Waals surface area contributed by atoms with Crippen LogP contribution < -0.4 is 0 Å². The molecular formula is C21H13F2N5. The van der Waals surface area contributed by atoms with Crippen LogP contribution in [-0.4, -0.2) is 32.4 Å². The van der Waals surface area contributed by atoms with Crippen LogP contribution >= 0.6 is 0 Å². The van der Waals surface area contributed by atoms with E-state index in [1.54, 1.807) is 18.6 Å². The van der Waals surface area contributed by atoms with Gasteiger partial charge in [0.15, 0.2) is 0 Å². The van der Waals surface area contributed by atoms with E-state index >= 15 is 0 Å². The second-order valence-corrected chi connectivity index (χ2v) is 6.38. The first-order valence-corrected chi connectivity index (χ1v) is 8.66. The minimum Gasteiger partial charge on any atom is -0.285 e. The third-order valence-electron chi connectivity index (χ3n) is 4.63. The summed E-state index contributed by atoms with van der Waals surface area (Å²) in [4.78, 5) is 13.5. The van der Waals surface area contributed by atoms with E-state index in [0.717, 1.165) is 28.3 Å². The van der Waals surface area contributed by atoms with E-state index in [2.05, 4.69) is 20.2 Å². The molecule has 0 spiro atoms. The van der Waals surface area contributed by atoms with Gasteiger partial charge in [-0.1, -0.05) is 6.08 Å². The smallest absolute Gasteiger partial charge is 0.135 e. The molecular weight excluding hydrogens is 360 g/mol. The summed E-state index contributed by atoms with van der Waals surface area (Å²) in [7, 11) is 0. The molecule has 0 aliphatic carbocycles. The van der Waals surface area contributed by atoms with Gasteiger partial charge in [0.1, 0.15) is 11.6 Å². The van der Waals surface area contributed by atoms with Crippen LogP contribution in [0.5, 0.6) is 0 Å². The first-order valence-electron chi connectivity index (χ1n) is 8.66. The molecule has 1 aromatic carbocycles. The number of hydrogen-bond acceptors (Lipinski definition) is 4. The van der Waals surface area contributed by atoms with Gasteiger partial charge in [0.05, 0.1) is 35.2 Å². The van der Waals surface area contributed by atoms with E-state index < -0.39 is 11.6 Å². The highest BCUT2D eigenvalue weighted by atomic mass is 19.1. The van der Waals surface area contributed by atoms with Gasteiger partial charge in [-0.2, -0.15) is 5.10 Å². The molecule has 28 heavy (non-hydrogen) atoms. The third-order valence-corrected chi connectivity index (χ3v) is 4.63. The van der Waals surface area contributed by atoms with Gasteiger partial charge in [0.2, 0.25) is 0 Å². The number of benzene rings is 1. The van der Waals surface area contributed by atoms with Crippen LogP contribution in [0.4, 0.5) is 8.78 Å². The molecule has 1 aliphatic rings. The first-order chi connectivity index (χ1) is 13.7. The molecule has 0 bridgehead atoms. The van der Waals surface area contributed by atoms with Crippen LogP contribution in [-0.2, 0) is 0 Å². The van der Waals surface area contributed by atoms with Crippen molar-refractivity contribution in [1.29, 1.82) is 0 Å². The minimum atomic E-state index is -0.642. The molecule has 4 heterocycles. The Bertz CT molecular complexity index is 1260. The molecule has 0 fully saturated rings. The summed E-state index contributed by atoms with van der Waals surface area (Å²) in [6, 6.07) is 9.13. The third kappa shape index (κ3) is 2.77. The Morgan fingerprint density at radius 3 is 2.68 bits per heavy atom. The normalized spacial score (nSPS) is 13.6. The molecule has 0 unspecified atom stereocenters. The van der Waals surface area contributed by atoms with Crippen LogP contribution in [0.2, 0.25) is 0 Å². The standard InChI is InChI=1S/C21H13F2N5/c22-14-1-2-15(17(23)8-14)21-16(5-6-24-21)18-3-4-19-20(28-18)7-12(9-25-19)13-10-26-27-11-13/h1-5,7-11H,6H2,(H,26,27). The summed E-state index contributed by atoms with van der Waals surface area (Å²) < 4.78 is 27.5. The van der Waals surface area contributed by atoms with Crippen LogP contribution in [0.1, 0.15) is 11.3 Å². The average molecular weight is 373 g/mol. The zero-order valence-corrected chi connectivity index (χ0v) is 14.5.